The molecule has 232 valence electrons. The summed E-state index contributed by atoms with van der Waals surface area (Å²) in [7, 11) is 0. The number of oxazole rings is 3. The van der Waals surface area contributed by atoms with Gasteiger partial charge in [0.2, 0.25) is 0 Å². The zero-order chi connectivity index (χ0) is 32.7. The van der Waals surface area contributed by atoms with Crippen LogP contribution in [-0.4, -0.2) is 52.6 Å². The van der Waals surface area contributed by atoms with Crippen molar-refractivity contribution in [2.24, 2.45) is 0 Å². The van der Waals surface area contributed by atoms with Gasteiger partial charge in [-0.05, 0) is 72.1 Å². The maximum Gasteiger partial charge on any atom is 0.418 e. The number of aliphatic carboxylic acids is 1. The van der Waals surface area contributed by atoms with Crippen molar-refractivity contribution < 1.29 is 32.7 Å². The summed E-state index contributed by atoms with van der Waals surface area (Å²) in [5.74, 6) is -3.12. The average molecular weight is 683 g/mol. The molecule has 6 aromatic rings. The van der Waals surface area contributed by atoms with Gasteiger partial charge in [0.05, 0.1) is 0 Å². The number of nitrogens with zero attached hydrogens (tertiary/aromatic N) is 3. The lowest BCUT2D eigenvalue weighted by atomic mass is 10.2. The van der Waals surface area contributed by atoms with Crippen molar-refractivity contribution in [3.05, 3.63) is 96.2 Å². The molecular weight excluding hydrogens is 660 g/mol. The summed E-state index contributed by atoms with van der Waals surface area (Å²) < 4.78 is 20.3. The number of carboxylic acids is 1. The van der Waals surface area contributed by atoms with Crippen molar-refractivity contribution in [1.82, 2.24) is 29.9 Å². The molecule has 0 amide bonds. The lowest BCUT2D eigenvalue weighted by molar-refractivity contribution is -0.148. The van der Waals surface area contributed by atoms with E-state index in [1.165, 1.54) is 30.6 Å². The highest BCUT2D eigenvalue weighted by molar-refractivity contribution is 9.10. The number of ether oxygens (including phenoxy) is 1. The Morgan fingerprint density at radius 3 is 1.62 bits per heavy atom. The van der Waals surface area contributed by atoms with Crippen LogP contribution in [0.2, 0.25) is 0 Å². The van der Waals surface area contributed by atoms with Crippen LogP contribution in [-0.2, 0) is 14.3 Å². The van der Waals surface area contributed by atoms with Crippen molar-refractivity contribution in [3.8, 4) is 0 Å². The van der Waals surface area contributed by atoms with Crippen LogP contribution in [0.3, 0.4) is 0 Å². The zero-order valence-electron chi connectivity index (χ0n) is 23.6. The third kappa shape index (κ3) is 9.58. The Morgan fingerprint density at radius 1 is 0.756 bits per heavy atom. The van der Waals surface area contributed by atoms with Gasteiger partial charge in [0.15, 0.2) is 33.7 Å². The van der Waals surface area contributed by atoms with E-state index in [4.69, 9.17) is 23.1 Å². The lowest BCUT2D eigenvalue weighted by Crippen LogP contribution is -2.22. The fraction of sp³-hybridized carbons (Fsp3) is 0.143. The Hall–Kier alpha value is -5.84. The summed E-state index contributed by atoms with van der Waals surface area (Å²) in [5, 5.41) is 8.41. The summed E-state index contributed by atoms with van der Waals surface area (Å²) in [6.07, 6.45) is 9.75. The van der Waals surface area contributed by atoms with Gasteiger partial charge in [-0.1, -0.05) is 0 Å². The minimum absolute atomic E-state index is 0.299. The third-order valence-corrected chi connectivity index (χ3v) is 5.51. The molecule has 0 radical (unpaired) electrons. The second-order valence-electron chi connectivity index (χ2n) is 9.81. The van der Waals surface area contributed by atoms with Crippen LogP contribution in [0.25, 0.3) is 45.8 Å². The number of carbonyl (C=O) groups excluding carboxylic acids is 1. The number of aromatic nitrogens is 6. The number of fused-ring (bicyclic) bond motifs is 3. The van der Waals surface area contributed by atoms with Gasteiger partial charge in [-0.15, -0.1) is 0 Å². The third-order valence-electron chi connectivity index (χ3n) is 5.07. The standard InChI is InChI=1S/C13H14N2O4.C9H6N2O4.C6H3BrN2O2/c1-13(2,3)19-10(16)5-4-8-6-9-11(14-7-8)15-12(17)18-9;12-7(13)2-1-5-3-6-8(10-4-5)11-9(14)15-6;7-3-1-4-5(8-2-3)9-6(10)11-4/h4-7H,1-3H3,(H,14,15,17);1-4H,(H,12,13)(H,10,11,14);1-2H,(H,8,9,10)/b5-4+;2-1+;. The Bertz CT molecular complexity index is 2230. The molecule has 45 heavy (non-hydrogen) atoms. The number of carbonyl (C=O) groups is 2. The van der Waals surface area contributed by atoms with E-state index < -0.39 is 34.8 Å². The van der Waals surface area contributed by atoms with Crippen LogP contribution in [0.15, 0.2) is 81.0 Å². The zero-order valence-corrected chi connectivity index (χ0v) is 25.2. The summed E-state index contributed by atoms with van der Waals surface area (Å²) in [4.78, 5) is 73.2. The molecule has 0 unspecified atom stereocenters. The lowest BCUT2D eigenvalue weighted by Gasteiger charge is -2.17. The predicted molar refractivity (Wildman–Crippen MR) is 163 cm³/mol. The molecule has 17 heteroatoms. The SMILES string of the molecule is CC(C)(C)OC(=O)/C=C/c1cnc2[nH]c(=O)oc2c1.O=C(O)/C=C/c1cnc2[nH]c(=O)oc2c1.O=c1[nH]c2ncc(Br)cc2o1. The molecule has 0 saturated heterocycles. The predicted octanol–water partition coefficient (Wildman–Crippen LogP) is 3.76. The molecule has 16 nitrogen and oxygen atoms in total. The van der Waals surface area contributed by atoms with E-state index in [1.807, 2.05) is 0 Å². The number of carboxylic acid groups (broad SMARTS) is 1. The number of rotatable bonds is 4. The first kappa shape index (κ1) is 32.1. The van der Waals surface area contributed by atoms with Gasteiger partial charge in [0.25, 0.3) is 0 Å². The molecule has 0 fully saturated rings. The summed E-state index contributed by atoms with van der Waals surface area (Å²) in [5.41, 5.74) is 2.95. The number of nitrogens with one attached hydrogen (secondary N) is 3. The van der Waals surface area contributed by atoms with Crippen LogP contribution in [0.4, 0.5) is 0 Å². The number of esters is 1. The first-order valence-corrected chi connectivity index (χ1v) is 13.5. The molecule has 0 atom stereocenters. The number of H-pyrrole nitrogens is 3. The number of halogens is 1. The molecule has 0 aliphatic carbocycles. The molecule has 0 aliphatic rings. The topological polar surface area (TPSA) is 240 Å². The molecule has 0 aromatic carbocycles. The van der Waals surface area contributed by atoms with Crippen molar-refractivity contribution in [2.45, 2.75) is 26.4 Å². The molecule has 0 bridgehead atoms. The molecule has 6 aromatic heterocycles. The average Bonchev–Trinajstić information content (AvgIpc) is 3.63. The quantitative estimate of drug-likeness (QED) is 0.153. The Kier molecular flexibility index (Phi) is 9.72. The molecule has 0 aliphatic heterocycles. The summed E-state index contributed by atoms with van der Waals surface area (Å²) >= 11 is 3.20. The van der Waals surface area contributed by atoms with Gasteiger partial charge in [-0.2, -0.15) is 0 Å². The van der Waals surface area contributed by atoms with Crippen molar-refractivity contribution in [2.75, 3.05) is 0 Å². The van der Waals surface area contributed by atoms with E-state index >= 15 is 0 Å². The molecule has 6 rings (SSSR count). The Balaban J connectivity index is 0.000000159. The monoisotopic (exact) mass is 682 g/mol. The number of hydrogen-bond donors (Lipinski definition) is 4. The van der Waals surface area contributed by atoms with E-state index in [2.05, 4.69) is 45.8 Å². The first-order valence-electron chi connectivity index (χ1n) is 12.7. The van der Waals surface area contributed by atoms with Crippen molar-refractivity contribution in [1.29, 1.82) is 0 Å². The number of pyridine rings is 3. The second kappa shape index (κ2) is 13.6. The molecule has 0 spiro atoms. The first-order chi connectivity index (χ1) is 21.2. The number of aromatic amines is 3. The largest absolute Gasteiger partial charge is 0.478 e. The normalized spacial score (nSPS) is 11.5. The van der Waals surface area contributed by atoms with E-state index in [0.717, 1.165) is 10.5 Å². The highest BCUT2D eigenvalue weighted by atomic mass is 79.9. The molecule has 6 heterocycles. The molecule has 0 saturated carbocycles. The van der Waals surface area contributed by atoms with E-state index in [1.54, 1.807) is 45.2 Å². The minimum Gasteiger partial charge on any atom is -0.478 e. The van der Waals surface area contributed by atoms with Crippen LogP contribution < -0.4 is 17.3 Å². The van der Waals surface area contributed by atoms with Crippen molar-refractivity contribution in [3.63, 3.8) is 0 Å². The fourth-order valence-corrected chi connectivity index (χ4v) is 3.68. The van der Waals surface area contributed by atoms with Gasteiger partial charge in [0.1, 0.15) is 5.60 Å². The van der Waals surface area contributed by atoms with Crippen LogP contribution in [0.5, 0.6) is 0 Å². The van der Waals surface area contributed by atoms with Gasteiger partial charge < -0.3 is 23.1 Å². The van der Waals surface area contributed by atoms with Gasteiger partial charge in [-0.25, -0.2) is 38.9 Å². The van der Waals surface area contributed by atoms with Crippen LogP contribution in [0.1, 0.15) is 31.9 Å². The van der Waals surface area contributed by atoms with E-state index in [0.29, 0.717) is 44.8 Å². The van der Waals surface area contributed by atoms with Gasteiger partial charge in [-0.3, -0.25) is 15.0 Å². The second-order valence-corrected chi connectivity index (χ2v) is 10.7. The molecule has 4 N–H and O–H groups in total. The van der Waals surface area contributed by atoms with Gasteiger partial charge in [0, 0.05) is 41.3 Å². The van der Waals surface area contributed by atoms with Crippen molar-refractivity contribution >= 4 is 73.7 Å². The number of hydrogen-bond acceptors (Lipinski definition) is 12. The van der Waals surface area contributed by atoms with E-state index in [9.17, 15) is 24.0 Å². The highest BCUT2D eigenvalue weighted by Gasteiger charge is 2.14. The van der Waals surface area contributed by atoms with E-state index in [-0.39, 0.29) is 0 Å². The summed E-state index contributed by atoms with van der Waals surface area (Å²) in [6, 6.07) is 4.82. The maximum absolute atomic E-state index is 11.5. The maximum atomic E-state index is 11.5. The Labute approximate surface area is 258 Å². The van der Waals surface area contributed by atoms with Crippen LogP contribution >= 0.6 is 15.9 Å². The smallest absolute Gasteiger partial charge is 0.418 e. The molecular formula is C28H23BrN6O10. The van der Waals surface area contributed by atoms with Gasteiger partial charge >= 0.3 is 29.2 Å². The highest BCUT2D eigenvalue weighted by Crippen LogP contribution is 2.14. The Morgan fingerprint density at radius 2 is 1.18 bits per heavy atom. The van der Waals surface area contributed by atoms with Crippen LogP contribution in [0, 0.1) is 0 Å². The minimum atomic E-state index is -1.05. The fourth-order valence-electron chi connectivity index (χ4n) is 3.37. The summed E-state index contributed by atoms with van der Waals surface area (Å²) in [6.45, 7) is 5.38.